The van der Waals surface area contributed by atoms with Crippen LogP contribution in [0.5, 0.6) is 11.5 Å². The predicted octanol–water partition coefficient (Wildman–Crippen LogP) is 6.12. The maximum atomic E-state index is 13.0. The molecule has 0 radical (unpaired) electrons. The summed E-state index contributed by atoms with van der Waals surface area (Å²) in [5.41, 5.74) is 2.09. The van der Waals surface area contributed by atoms with Crippen LogP contribution in [-0.4, -0.2) is 34.6 Å². The van der Waals surface area contributed by atoms with Crippen LogP contribution in [0.3, 0.4) is 0 Å². The minimum absolute atomic E-state index is 0.414. The highest BCUT2D eigenvalue weighted by molar-refractivity contribution is 7.98. The molecule has 10 heteroatoms. The average Bonchev–Trinajstić information content (AvgIpc) is 3.19. The van der Waals surface area contributed by atoms with Crippen LogP contribution in [0.4, 0.5) is 13.2 Å². The Kier molecular flexibility index (Phi) is 6.93. The molecule has 0 saturated heterocycles. The maximum absolute atomic E-state index is 13.0. The fourth-order valence-electron chi connectivity index (χ4n) is 3.55. The number of rotatable bonds is 8. The van der Waals surface area contributed by atoms with Crippen molar-refractivity contribution in [1.82, 2.24) is 9.78 Å². The number of methoxy groups -OCH3 is 1. The smallest absolute Gasteiger partial charge is 0.416 e. The van der Waals surface area contributed by atoms with Crippen LogP contribution in [0.25, 0.3) is 16.6 Å². The molecule has 4 aromatic rings. The average molecular weight is 503 g/mol. The van der Waals surface area contributed by atoms with E-state index in [0.717, 1.165) is 39.2 Å². The summed E-state index contributed by atoms with van der Waals surface area (Å²) < 4.78 is 51.2. The van der Waals surface area contributed by atoms with Gasteiger partial charge in [-0.1, -0.05) is 0 Å². The van der Waals surface area contributed by atoms with E-state index < -0.39 is 24.3 Å². The van der Waals surface area contributed by atoms with Gasteiger partial charge in [0.2, 0.25) is 0 Å². The number of carboxylic acids is 1. The molecule has 3 aromatic carbocycles. The largest absolute Gasteiger partial charge is 0.497 e. The summed E-state index contributed by atoms with van der Waals surface area (Å²) in [6, 6.07) is 15.8. The molecule has 0 aliphatic carbocycles. The molecule has 0 bridgehead atoms. The standard InChI is InChI=1S/C25H21F3N2O4S/c1-15-11-19(8-10-23(15)34-13-24(31)32)35-14-21-20-12-18(33-2)7-9-22(20)30(29-21)17-5-3-16(4-6-17)25(26,27)28/h3-12H,13-14H2,1-2H3,(H,31,32). The molecule has 0 saturated carbocycles. The molecular weight excluding hydrogens is 481 g/mol. The first-order valence-electron chi connectivity index (χ1n) is 10.5. The van der Waals surface area contributed by atoms with Crippen LogP contribution in [0.2, 0.25) is 0 Å². The second-order valence-electron chi connectivity index (χ2n) is 7.68. The van der Waals surface area contributed by atoms with E-state index in [-0.39, 0.29) is 0 Å². The molecule has 182 valence electrons. The minimum atomic E-state index is -4.41. The van der Waals surface area contributed by atoms with Crippen molar-refractivity contribution >= 4 is 28.6 Å². The van der Waals surface area contributed by atoms with Crippen molar-refractivity contribution in [2.24, 2.45) is 0 Å². The molecule has 4 rings (SSSR count). The minimum Gasteiger partial charge on any atom is -0.497 e. The first kappa shape index (κ1) is 24.5. The first-order valence-corrected chi connectivity index (χ1v) is 11.5. The number of fused-ring (bicyclic) bond motifs is 1. The van der Waals surface area contributed by atoms with Crippen molar-refractivity contribution in [1.29, 1.82) is 0 Å². The van der Waals surface area contributed by atoms with Crippen molar-refractivity contribution in [3.8, 4) is 17.2 Å². The summed E-state index contributed by atoms with van der Waals surface area (Å²) in [7, 11) is 1.56. The molecule has 0 unspecified atom stereocenters. The van der Waals surface area contributed by atoms with Crippen molar-refractivity contribution < 1.29 is 32.5 Å². The van der Waals surface area contributed by atoms with Crippen molar-refractivity contribution in [3.05, 3.63) is 77.5 Å². The fourth-order valence-corrected chi connectivity index (χ4v) is 4.49. The maximum Gasteiger partial charge on any atom is 0.416 e. The van der Waals surface area contributed by atoms with Gasteiger partial charge in [-0.2, -0.15) is 18.3 Å². The van der Waals surface area contributed by atoms with Gasteiger partial charge in [-0.15, -0.1) is 11.8 Å². The van der Waals surface area contributed by atoms with Crippen LogP contribution in [0.1, 0.15) is 16.8 Å². The molecular formula is C25H21F3N2O4S. The normalized spacial score (nSPS) is 11.6. The summed E-state index contributed by atoms with van der Waals surface area (Å²) in [5, 5.41) is 14.3. The second-order valence-corrected chi connectivity index (χ2v) is 8.73. The summed E-state index contributed by atoms with van der Waals surface area (Å²) in [4.78, 5) is 11.7. The van der Waals surface area contributed by atoms with Gasteiger partial charge in [0.1, 0.15) is 11.5 Å². The summed E-state index contributed by atoms with van der Waals surface area (Å²) >= 11 is 1.53. The summed E-state index contributed by atoms with van der Waals surface area (Å²) in [6.07, 6.45) is -4.41. The van der Waals surface area contributed by atoms with Crippen LogP contribution in [0.15, 0.2) is 65.6 Å². The van der Waals surface area contributed by atoms with Crippen LogP contribution < -0.4 is 9.47 Å². The SMILES string of the molecule is COc1ccc2c(c1)c(CSc1ccc(OCC(=O)O)c(C)c1)nn2-c1ccc(C(F)(F)F)cc1. The third-order valence-corrected chi connectivity index (χ3v) is 6.28. The van der Waals surface area contributed by atoms with Crippen LogP contribution >= 0.6 is 11.8 Å². The van der Waals surface area contributed by atoms with Gasteiger partial charge in [-0.05, 0) is 73.2 Å². The van der Waals surface area contributed by atoms with Gasteiger partial charge in [0.15, 0.2) is 6.61 Å². The number of thioether (sulfide) groups is 1. The number of ether oxygens (including phenoxy) is 2. The lowest BCUT2D eigenvalue weighted by Gasteiger charge is -2.09. The highest BCUT2D eigenvalue weighted by atomic mass is 32.2. The van der Waals surface area contributed by atoms with Gasteiger partial charge in [0, 0.05) is 16.0 Å². The Morgan fingerprint density at radius 3 is 2.46 bits per heavy atom. The molecule has 1 aromatic heterocycles. The number of halogens is 3. The number of alkyl halides is 3. The van der Waals surface area contributed by atoms with E-state index in [1.54, 1.807) is 23.9 Å². The number of carbonyl (C=O) groups is 1. The van der Waals surface area contributed by atoms with Gasteiger partial charge in [0.25, 0.3) is 0 Å². The third-order valence-electron chi connectivity index (χ3n) is 5.28. The molecule has 0 amide bonds. The highest BCUT2D eigenvalue weighted by Crippen LogP contribution is 2.34. The van der Waals surface area contributed by atoms with Gasteiger partial charge < -0.3 is 14.6 Å². The number of aromatic nitrogens is 2. The molecule has 0 aliphatic heterocycles. The van der Waals surface area contributed by atoms with E-state index in [4.69, 9.17) is 19.7 Å². The molecule has 0 fully saturated rings. The molecule has 0 aliphatic rings. The highest BCUT2D eigenvalue weighted by Gasteiger charge is 2.30. The lowest BCUT2D eigenvalue weighted by Crippen LogP contribution is -2.09. The van der Waals surface area contributed by atoms with Crippen LogP contribution in [0, 0.1) is 6.92 Å². The summed E-state index contributed by atoms with van der Waals surface area (Å²) in [5.74, 6) is 0.588. The zero-order valence-corrected chi connectivity index (χ0v) is 19.6. The molecule has 0 spiro atoms. The number of aryl methyl sites for hydroxylation is 1. The number of carboxylic acid groups (broad SMARTS) is 1. The van der Waals surface area contributed by atoms with Crippen molar-refractivity contribution in [2.45, 2.75) is 23.7 Å². The number of benzene rings is 3. The van der Waals surface area contributed by atoms with E-state index in [1.807, 2.05) is 31.2 Å². The van der Waals surface area contributed by atoms with E-state index in [2.05, 4.69) is 0 Å². The quantitative estimate of drug-likeness (QED) is 0.293. The topological polar surface area (TPSA) is 73.6 Å². The molecule has 1 heterocycles. The summed E-state index contributed by atoms with van der Waals surface area (Å²) in [6.45, 7) is 1.42. The lowest BCUT2D eigenvalue weighted by molar-refractivity contribution is -0.139. The van der Waals surface area contributed by atoms with Crippen LogP contribution in [-0.2, 0) is 16.7 Å². The lowest BCUT2D eigenvalue weighted by atomic mass is 10.2. The van der Waals surface area contributed by atoms with E-state index in [1.165, 1.54) is 23.9 Å². The molecule has 35 heavy (non-hydrogen) atoms. The Labute approximate surface area is 203 Å². The monoisotopic (exact) mass is 502 g/mol. The second kappa shape index (κ2) is 9.91. The number of aliphatic carboxylic acids is 1. The third kappa shape index (κ3) is 5.54. The Hall–Kier alpha value is -3.66. The Balaban J connectivity index is 1.63. The van der Waals surface area contributed by atoms with Gasteiger partial charge >= 0.3 is 12.1 Å². The number of hydrogen-bond acceptors (Lipinski definition) is 5. The van der Waals surface area contributed by atoms with Gasteiger partial charge in [-0.3, -0.25) is 0 Å². The molecule has 6 nitrogen and oxygen atoms in total. The van der Waals surface area contributed by atoms with E-state index in [0.29, 0.717) is 22.9 Å². The Bertz CT molecular complexity index is 1370. The Morgan fingerprint density at radius 1 is 1.09 bits per heavy atom. The molecule has 0 atom stereocenters. The van der Waals surface area contributed by atoms with Gasteiger partial charge in [0.05, 0.1) is 29.6 Å². The van der Waals surface area contributed by atoms with E-state index in [9.17, 15) is 18.0 Å². The first-order chi connectivity index (χ1) is 16.7. The predicted molar refractivity (Wildman–Crippen MR) is 126 cm³/mol. The Morgan fingerprint density at radius 2 is 1.83 bits per heavy atom. The van der Waals surface area contributed by atoms with E-state index >= 15 is 0 Å². The molecule has 1 N–H and O–H groups in total. The van der Waals surface area contributed by atoms with Crippen molar-refractivity contribution in [2.75, 3.05) is 13.7 Å². The fraction of sp³-hybridized carbons (Fsp3) is 0.200. The van der Waals surface area contributed by atoms with Crippen molar-refractivity contribution in [3.63, 3.8) is 0 Å². The zero-order chi connectivity index (χ0) is 25.2. The zero-order valence-electron chi connectivity index (χ0n) is 18.8. The van der Waals surface area contributed by atoms with Gasteiger partial charge in [-0.25, -0.2) is 9.48 Å². The number of nitrogens with zero attached hydrogens (tertiary/aromatic N) is 2. The number of hydrogen-bond donors (Lipinski definition) is 1.